The van der Waals surface area contributed by atoms with Gasteiger partial charge in [0.15, 0.2) is 6.29 Å². The van der Waals surface area contributed by atoms with Crippen molar-refractivity contribution in [3.8, 4) is 0 Å². The molecule has 0 heterocycles. The van der Waals surface area contributed by atoms with Gasteiger partial charge in [0.1, 0.15) is 11.4 Å². The molecule has 8 heteroatoms. The van der Waals surface area contributed by atoms with Crippen LogP contribution in [0, 0.1) is 41.4 Å². The number of rotatable bonds is 5. The third kappa shape index (κ3) is 3.76. The third-order valence-electron chi connectivity index (χ3n) is 9.44. The number of unbranched alkanes of at least 4 members (excludes halogenated alkanes) is 2. The van der Waals surface area contributed by atoms with Crippen LogP contribution in [0.25, 0.3) is 0 Å². The van der Waals surface area contributed by atoms with Gasteiger partial charge in [-0.25, -0.2) is 0 Å². The fraction of sp³-hybridized carbons (Fsp3) is 0.958. The highest BCUT2D eigenvalue weighted by atomic mass is 16.5. The summed E-state index contributed by atoms with van der Waals surface area (Å²) in [7, 11) is 0. The predicted octanol–water partition coefficient (Wildman–Crippen LogP) is -0.0605. The van der Waals surface area contributed by atoms with Crippen molar-refractivity contribution in [2.24, 2.45) is 41.4 Å². The smallest absolute Gasteiger partial charge is 0.159 e. The number of carbonyl (C=O) groups excluding carboxylic acids is 1. The van der Waals surface area contributed by atoms with Gasteiger partial charge < -0.3 is 35.7 Å². The first-order chi connectivity index (χ1) is 15.1. The molecule has 0 spiro atoms. The molecular weight excluding hydrogens is 416 g/mol. The van der Waals surface area contributed by atoms with Gasteiger partial charge in [-0.1, -0.05) is 32.6 Å². The van der Waals surface area contributed by atoms with Crippen molar-refractivity contribution >= 4 is 5.78 Å². The van der Waals surface area contributed by atoms with E-state index in [0.717, 1.165) is 32.1 Å². The van der Waals surface area contributed by atoms with Crippen LogP contribution in [0.4, 0.5) is 0 Å². The molecule has 12 atom stereocenters. The molecule has 0 saturated heterocycles. The number of Topliss-reactive ketones (excluding diaryl/α,β-unsaturated/α-hetero) is 1. The first-order valence-corrected chi connectivity index (χ1v) is 12.5. The van der Waals surface area contributed by atoms with Crippen LogP contribution in [0.15, 0.2) is 0 Å². The summed E-state index contributed by atoms with van der Waals surface area (Å²) in [6.45, 7) is 2.15. The normalized spacial score (nSPS) is 51.2. The second kappa shape index (κ2) is 9.21. The lowest BCUT2D eigenvalue weighted by molar-refractivity contribution is -0.291. The van der Waals surface area contributed by atoms with E-state index in [9.17, 15) is 40.5 Å². The minimum Gasteiger partial charge on any atom is -0.393 e. The molecule has 0 amide bonds. The van der Waals surface area contributed by atoms with Crippen LogP contribution in [0.3, 0.4) is 0 Å². The molecule has 0 aromatic heterocycles. The van der Waals surface area contributed by atoms with Crippen molar-refractivity contribution in [2.75, 3.05) is 0 Å². The Morgan fingerprint density at radius 1 is 0.938 bits per heavy atom. The first kappa shape index (κ1) is 24.5. The number of hydrogen-bond donors (Lipinski definition) is 7. The van der Waals surface area contributed by atoms with Crippen LogP contribution < -0.4 is 0 Å². The fourth-order valence-corrected chi connectivity index (χ4v) is 7.83. The van der Waals surface area contributed by atoms with Crippen molar-refractivity contribution in [1.29, 1.82) is 0 Å². The lowest BCUT2D eigenvalue weighted by atomic mass is 9.48. The monoisotopic (exact) mass is 456 g/mol. The van der Waals surface area contributed by atoms with Gasteiger partial charge in [0.25, 0.3) is 0 Å². The Morgan fingerprint density at radius 3 is 2.31 bits per heavy atom. The van der Waals surface area contributed by atoms with E-state index in [-0.39, 0.29) is 24.0 Å². The van der Waals surface area contributed by atoms with E-state index < -0.39 is 60.0 Å². The molecule has 184 valence electrons. The van der Waals surface area contributed by atoms with Gasteiger partial charge in [0, 0.05) is 11.8 Å². The zero-order valence-corrected chi connectivity index (χ0v) is 18.8. The Bertz CT molecular complexity index is 685. The minimum absolute atomic E-state index is 0.0148. The summed E-state index contributed by atoms with van der Waals surface area (Å²) in [5, 5.41) is 73.9. The molecule has 8 nitrogen and oxygen atoms in total. The van der Waals surface area contributed by atoms with E-state index in [1.54, 1.807) is 0 Å². The summed E-state index contributed by atoms with van der Waals surface area (Å²) >= 11 is 0. The lowest BCUT2D eigenvalue weighted by Crippen LogP contribution is -2.73. The average Bonchev–Trinajstić information content (AvgIpc) is 2.72. The van der Waals surface area contributed by atoms with E-state index in [1.165, 1.54) is 0 Å². The van der Waals surface area contributed by atoms with Crippen LogP contribution in [0.2, 0.25) is 0 Å². The SMILES string of the molecule is CCCCCC1CCC(O)C2C(=O)C3C(O)[C@]4(O)C(O)C(C(O)O)C(O)C[C@@H]4C[C@@H]3CC12. The summed E-state index contributed by atoms with van der Waals surface area (Å²) in [5.74, 6) is -3.61. The van der Waals surface area contributed by atoms with Crippen LogP contribution in [-0.2, 0) is 4.79 Å². The Labute approximate surface area is 189 Å². The third-order valence-corrected chi connectivity index (χ3v) is 9.44. The van der Waals surface area contributed by atoms with Gasteiger partial charge in [-0.3, -0.25) is 4.79 Å². The molecule has 0 radical (unpaired) electrons. The van der Waals surface area contributed by atoms with E-state index in [1.807, 2.05) is 0 Å². The van der Waals surface area contributed by atoms with E-state index >= 15 is 0 Å². The maximum Gasteiger partial charge on any atom is 0.159 e. The Morgan fingerprint density at radius 2 is 1.66 bits per heavy atom. The summed E-state index contributed by atoms with van der Waals surface area (Å²) in [6, 6.07) is 0. The maximum atomic E-state index is 13.6. The molecule has 4 rings (SSSR count). The summed E-state index contributed by atoms with van der Waals surface area (Å²) in [6.07, 6.45) is -0.552. The standard InChI is InChI=1S/C24H40O8/c1-2-3-4-5-11-6-7-15(25)18-14(11)9-12-8-13-10-16(26)19(23(30)31)22(29)24(13,32)21(28)17(12)20(18)27/h11-19,21-23,25-26,28-32H,2-10H2,1H3/t11?,12-,13+,14?,15?,16?,17?,18?,19?,21?,22?,24+/m1/s1. The van der Waals surface area contributed by atoms with Crippen molar-refractivity contribution in [3.63, 3.8) is 0 Å². The number of carbonyl (C=O) groups is 1. The number of fused-ring (bicyclic) bond motifs is 3. The predicted molar refractivity (Wildman–Crippen MR) is 114 cm³/mol. The van der Waals surface area contributed by atoms with E-state index in [0.29, 0.717) is 25.2 Å². The van der Waals surface area contributed by atoms with Crippen molar-refractivity contribution in [1.82, 2.24) is 0 Å². The number of hydrogen-bond acceptors (Lipinski definition) is 8. The van der Waals surface area contributed by atoms with Crippen LogP contribution in [0.5, 0.6) is 0 Å². The van der Waals surface area contributed by atoms with Crippen molar-refractivity contribution < 1.29 is 40.5 Å². The van der Waals surface area contributed by atoms with Gasteiger partial charge in [0.05, 0.1) is 30.3 Å². The molecule has 0 aromatic carbocycles. The molecule has 4 aliphatic rings. The largest absolute Gasteiger partial charge is 0.393 e. The number of aliphatic hydroxyl groups excluding tert-OH is 5. The second-order valence-electron chi connectivity index (χ2n) is 11.0. The summed E-state index contributed by atoms with van der Waals surface area (Å²) in [5.41, 5.74) is -2.11. The highest BCUT2D eigenvalue weighted by Gasteiger charge is 2.66. The molecule has 4 saturated carbocycles. The Kier molecular flexibility index (Phi) is 7.05. The van der Waals surface area contributed by atoms with Gasteiger partial charge >= 0.3 is 0 Å². The second-order valence-corrected chi connectivity index (χ2v) is 11.0. The van der Waals surface area contributed by atoms with Gasteiger partial charge in [-0.15, -0.1) is 0 Å². The molecule has 4 fully saturated rings. The zero-order chi connectivity index (χ0) is 23.4. The van der Waals surface area contributed by atoms with Gasteiger partial charge in [-0.2, -0.15) is 0 Å². The Balaban J connectivity index is 1.61. The molecule has 9 unspecified atom stereocenters. The summed E-state index contributed by atoms with van der Waals surface area (Å²) in [4.78, 5) is 13.6. The molecule has 0 aromatic rings. The van der Waals surface area contributed by atoms with Crippen molar-refractivity contribution in [2.45, 2.75) is 101 Å². The molecule has 0 bridgehead atoms. The highest BCUT2D eigenvalue weighted by molar-refractivity contribution is 5.86. The molecule has 4 aliphatic carbocycles. The van der Waals surface area contributed by atoms with Crippen LogP contribution in [0.1, 0.15) is 64.7 Å². The molecule has 7 N–H and O–H groups in total. The average molecular weight is 457 g/mol. The number of aliphatic hydroxyl groups is 7. The Hall–Kier alpha value is -0.610. The minimum atomic E-state index is -2.11. The molecular formula is C24H40O8. The van der Waals surface area contributed by atoms with Crippen molar-refractivity contribution in [3.05, 3.63) is 0 Å². The number of ketones is 1. The zero-order valence-electron chi connectivity index (χ0n) is 18.8. The van der Waals surface area contributed by atoms with Crippen LogP contribution in [-0.4, -0.2) is 77.8 Å². The quantitative estimate of drug-likeness (QED) is 0.224. The maximum absolute atomic E-state index is 13.6. The van der Waals surface area contributed by atoms with E-state index in [2.05, 4.69) is 6.92 Å². The fourth-order valence-electron chi connectivity index (χ4n) is 7.83. The first-order valence-electron chi connectivity index (χ1n) is 12.5. The molecule has 32 heavy (non-hydrogen) atoms. The van der Waals surface area contributed by atoms with Gasteiger partial charge in [-0.05, 0) is 55.8 Å². The molecule has 0 aliphatic heterocycles. The van der Waals surface area contributed by atoms with Gasteiger partial charge in [0.2, 0.25) is 0 Å². The lowest BCUT2D eigenvalue weighted by Gasteiger charge is -2.60. The highest BCUT2D eigenvalue weighted by Crippen LogP contribution is 2.57. The van der Waals surface area contributed by atoms with E-state index in [4.69, 9.17) is 0 Å². The topological polar surface area (TPSA) is 159 Å². The van der Waals surface area contributed by atoms with Crippen LogP contribution >= 0.6 is 0 Å². The summed E-state index contributed by atoms with van der Waals surface area (Å²) < 4.78 is 0.